The van der Waals surface area contributed by atoms with Crippen LogP contribution in [0.5, 0.6) is 0 Å². The van der Waals surface area contributed by atoms with Gasteiger partial charge in [-0.25, -0.2) is 9.59 Å². The van der Waals surface area contributed by atoms with Crippen LogP contribution in [0.25, 0.3) is 0 Å². The molecule has 0 saturated carbocycles. The molecule has 0 radical (unpaired) electrons. The first-order valence-electron chi connectivity index (χ1n) is 17.2. The van der Waals surface area contributed by atoms with E-state index in [1.54, 1.807) is 0 Å². The second-order valence-electron chi connectivity index (χ2n) is 11.4. The lowest BCUT2D eigenvalue weighted by molar-refractivity contribution is -0.157. The fourth-order valence-electron chi connectivity index (χ4n) is 4.67. The predicted molar refractivity (Wildman–Crippen MR) is 176 cm³/mol. The van der Waals surface area contributed by atoms with Crippen molar-refractivity contribution in [2.24, 2.45) is 0 Å². The van der Waals surface area contributed by atoms with E-state index in [0.29, 0.717) is 13.2 Å². The smallest absolute Gasteiger partial charge is 0.407 e. The van der Waals surface area contributed by atoms with Crippen LogP contribution in [0.2, 0.25) is 0 Å². The van der Waals surface area contributed by atoms with E-state index >= 15 is 0 Å². The molecule has 258 valence electrons. The number of methoxy groups -OCH3 is 1. The average Bonchev–Trinajstić information content (AvgIpc) is 3.05. The Morgan fingerprint density at radius 1 is 0.644 bits per heavy atom. The van der Waals surface area contributed by atoms with Crippen LogP contribution in [0.1, 0.15) is 122 Å². The Balaban J connectivity index is 1.90. The normalized spacial score (nSPS) is 11.5. The molecule has 0 spiro atoms. The van der Waals surface area contributed by atoms with Gasteiger partial charge >= 0.3 is 18.2 Å². The van der Waals surface area contributed by atoms with E-state index < -0.39 is 24.3 Å². The monoisotopic (exact) mass is 636 g/mol. The molecule has 2 N–H and O–H groups in total. The van der Waals surface area contributed by atoms with Crippen LogP contribution in [0.4, 0.5) is 9.59 Å². The third-order valence-electron chi connectivity index (χ3n) is 7.45. The lowest BCUT2D eigenvalue weighted by atomic mass is 10.0. The second kappa shape index (κ2) is 29.8. The summed E-state index contributed by atoms with van der Waals surface area (Å²) in [6.07, 6.45) is 19.0. The largest absolute Gasteiger partial charge is 0.447 e. The number of unbranched alkanes of at least 4 members (excludes halogenated alkanes) is 15. The number of esters is 1. The number of carbonyl (C=O) groups is 3. The Labute approximate surface area is 271 Å². The highest BCUT2D eigenvalue weighted by molar-refractivity contribution is 5.71. The van der Waals surface area contributed by atoms with Crippen molar-refractivity contribution >= 4 is 18.2 Å². The second-order valence-corrected chi connectivity index (χ2v) is 11.4. The molecule has 2 amide bonds. The van der Waals surface area contributed by atoms with Gasteiger partial charge in [0, 0.05) is 20.2 Å². The summed E-state index contributed by atoms with van der Waals surface area (Å²) in [7, 11) is 1.44. The number of ether oxygens (including phenoxy) is 5. The lowest BCUT2D eigenvalue weighted by Gasteiger charge is -2.16. The molecule has 1 unspecified atom stereocenters. The molecule has 0 fully saturated rings. The third-order valence-corrected chi connectivity index (χ3v) is 7.45. The number of benzene rings is 1. The van der Waals surface area contributed by atoms with Crippen LogP contribution in [-0.2, 0) is 35.1 Å². The van der Waals surface area contributed by atoms with Gasteiger partial charge in [-0.2, -0.15) is 0 Å². The highest BCUT2D eigenvalue weighted by Crippen LogP contribution is 2.13. The fraction of sp³-hybridized carbons (Fsp3) is 0.743. The van der Waals surface area contributed by atoms with Gasteiger partial charge in [-0.15, -0.1) is 0 Å². The van der Waals surface area contributed by atoms with E-state index in [-0.39, 0.29) is 33.0 Å². The summed E-state index contributed by atoms with van der Waals surface area (Å²) >= 11 is 0. The summed E-state index contributed by atoms with van der Waals surface area (Å²) in [6, 6.07) is 9.53. The van der Waals surface area contributed by atoms with Gasteiger partial charge in [0.15, 0.2) is 6.79 Å². The molecule has 0 aromatic heterocycles. The van der Waals surface area contributed by atoms with E-state index in [4.69, 9.17) is 23.7 Å². The highest BCUT2D eigenvalue weighted by Gasteiger charge is 2.14. The topological polar surface area (TPSA) is 121 Å². The zero-order chi connectivity index (χ0) is 32.6. The van der Waals surface area contributed by atoms with Gasteiger partial charge in [0.05, 0.1) is 13.0 Å². The van der Waals surface area contributed by atoms with Crippen molar-refractivity contribution in [2.45, 2.75) is 129 Å². The van der Waals surface area contributed by atoms with Crippen LogP contribution in [0.15, 0.2) is 30.3 Å². The maximum absolute atomic E-state index is 12.0. The fourth-order valence-corrected chi connectivity index (χ4v) is 4.67. The molecule has 0 aliphatic heterocycles. The quantitative estimate of drug-likeness (QED) is 0.0395. The Kier molecular flexibility index (Phi) is 26.6. The first-order valence-corrected chi connectivity index (χ1v) is 17.2. The summed E-state index contributed by atoms with van der Waals surface area (Å²) in [4.78, 5) is 35.6. The minimum absolute atomic E-state index is 0.0276. The molecular formula is C35H60N2O8. The van der Waals surface area contributed by atoms with Crippen LogP contribution in [0, 0.1) is 0 Å². The maximum Gasteiger partial charge on any atom is 0.407 e. The Bertz CT molecular complexity index is 855. The van der Waals surface area contributed by atoms with E-state index in [9.17, 15) is 14.4 Å². The Morgan fingerprint density at radius 3 is 1.64 bits per heavy atom. The molecule has 10 heteroatoms. The minimum atomic E-state index is -0.710. The van der Waals surface area contributed by atoms with E-state index in [1.165, 1.54) is 97.0 Å². The Morgan fingerprint density at radius 2 is 1.13 bits per heavy atom. The number of nitrogens with one attached hydrogen (secondary N) is 2. The standard InChI is InChI=1S/C35H60N2O8/c1-3-4-5-6-7-8-9-10-11-12-13-14-15-16-17-21-25-36-34(39)43-28-32(41-2)29-44-35(40)37-26-24-33(38)45-30-42-27-31-22-19-18-20-23-31/h18-20,22-23,32H,3-17,21,24-30H2,1-2H3,(H,36,39)(H,37,40). The zero-order valence-corrected chi connectivity index (χ0v) is 28.0. The van der Waals surface area contributed by atoms with Crippen LogP contribution in [-0.4, -0.2) is 64.5 Å². The summed E-state index contributed by atoms with van der Waals surface area (Å²) < 4.78 is 25.8. The summed E-state index contributed by atoms with van der Waals surface area (Å²) in [6.45, 7) is 2.89. The Hall–Kier alpha value is -2.85. The van der Waals surface area contributed by atoms with Crippen LogP contribution < -0.4 is 10.6 Å². The van der Waals surface area contributed by atoms with Crippen molar-refractivity contribution < 1.29 is 38.1 Å². The molecule has 1 atom stereocenters. The highest BCUT2D eigenvalue weighted by atomic mass is 16.7. The molecule has 1 aromatic carbocycles. The van der Waals surface area contributed by atoms with Crippen LogP contribution in [0.3, 0.4) is 0 Å². The van der Waals surface area contributed by atoms with E-state index in [0.717, 1.165) is 18.4 Å². The van der Waals surface area contributed by atoms with Crippen LogP contribution >= 0.6 is 0 Å². The first kappa shape index (κ1) is 40.2. The molecule has 45 heavy (non-hydrogen) atoms. The van der Waals surface area contributed by atoms with E-state index in [1.807, 2.05) is 30.3 Å². The predicted octanol–water partition coefficient (Wildman–Crippen LogP) is 7.82. The van der Waals surface area contributed by atoms with Crippen molar-refractivity contribution in [1.82, 2.24) is 10.6 Å². The van der Waals surface area contributed by atoms with Crippen molar-refractivity contribution in [3.8, 4) is 0 Å². The first-order chi connectivity index (χ1) is 22.0. The summed E-state index contributed by atoms with van der Waals surface area (Å²) in [5.41, 5.74) is 0.976. The molecule has 0 aliphatic carbocycles. The maximum atomic E-state index is 12.0. The number of carbonyl (C=O) groups excluding carboxylic acids is 3. The zero-order valence-electron chi connectivity index (χ0n) is 28.0. The summed E-state index contributed by atoms with van der Waals surface area (Å²) in [5, 5.41) is 5.22. The SMILES string of the molecule is CCCCCCCCCCCCCCCCCCNC(=O)OCC(COC(=O)NCCC(=O)OCOCc1ccccc1)OC. The molecule has 1 rings (SSSR count). The number of rotatable bonds is 29. The van der Waals surface area contributed by atoms with Crippen molar-refractivity contribution in [3.05, 3.63) is 35.9 Å². The van der Waals surface area contributed by atoms with Gasteiger partial charge in [0.1, 0.15) is 19.3 Å². The molecule has 1 aromatic rings. The van der Waals surface area contributed by atoms with Gasteiger partial charge in [-0.05, 0) is 12.0 Å². The molecular weight excluding hydrogens is 576 g/mol. The van der Waals surface area contributed by atoms with Gasteiger partial charge in [0.25, 0.3) is 0 Å². The van der Waals surface area contributed by atoms with Crippen molar-refractivity contribution in [2.75, 3.05) is 40.2 Å². The van der Waals surface area contributed by atoms with Gasteiger partial charge in [-0.1, -0.05) is 134 Å². The van der Waals surface area contributed by atoms with Gasteiger partial charge < -0.3 is 34.3 Å². The molecule has 0 aliphatic rings. The summed E-state index contributed by atoms with van der Waals surface area (Å²) in [5.74, 6) is -0.503. The van der Waals surface area contributed by atoms with Gasteiger partial charge in [-0.3, -0.25) is 4.79 Å². The minimum Gasteiger partial charge on any atom is -0.447 e. The van der Waals surface area contributed by atoms with Crippen molar-refractivity contribution in [3.63, 3.8) is 0 Å². The molecule has 0 bridgehead atoms. The molecule has 10 nitrogen and oxygen atoms in total. The van der Waals surface area contributed by atoms with Gasteiger partial charge in [0.2, 0.25) is 0 Å². The lowest BCUT2D eigenvalue weighted by Crippen LogP contribution is -2.34. The average molecular weight is 637 g/mol. The number of alkyl carbamates (subject to hydrolysis) is 2. The van der Waals surface area contributed by atoms with E-state index in [2.05, 4.69) is 17.6 Å². The molecule has 0 heterocycles. The third kappa shape index (κ3) is 26.1. The number of amides is 2. The van der Waals surface area contributed by atoms with Crippen molar-refractivity contribution in [1.29, 1.82) is 0 Å². The number of hydrogen-bond donors (Lipinski definition) is 2. The molecule has 0 saturated heterocycles. The number of hydrogen-bond acceptors (Lipinski definition) is 8.